The second kappa shape index (κ2) is 11.8. The molecule has 0 amide bonds. The van der Waals surface area contributed by atoms with E-state index in [2.05, 4.69) is 25.3 Å². The molecule has 4 heteroatoms. The van der Waals surface area contributed by atoms with E-state index in [0.717, 1.165) is 32.1 Å². The largest absolute Gasteiger partial charge is 0.288 e. The third kappa shape index (κ3) is 6.29. The number of carbonyl (C=O) groups excluding carboxylic acids is 2. The summed E-state index contributed by atoms with van der Waals surface area (Å²) in [5.41, 5.74) is -0.162. The van der Waals surface area contributed by atoms with E-state index in [1.807, 2.05) is 0 Å². The third-order valence-electron chi connectivity index (χ3n) is 7.05. The summed E-state index contributed by atoms with van der Waals surface area (Å²) in [5, 5.41) is 0.191. The normalized spacial score (nSPS) is 20.2. The van der Waals surface area contributed by atoms with Crippen molar-refractivity contribution >= 4 is 35.5 Å². The highest BCUT2D eigenvalue weighted by atomic mass is 32.1. The van der Waals surface area contributed by atoms with E-state index in [0.29, 0.717) is 18.3 Å². The van der Waals surface area contributed by atoms with E-state index in [1.165, 1.54) is 70.6 Å². The molecule has 2 fully saturated rings. The highest BCUT2D eigenvalue weighted by Crippen LogP contribution is 2.53. The monoisotopic (exact) mass is 398 g/mol. The Morgan fingerprint density at radius 2 is 1.15 bits per heavy atom. The molecule has 26 heavy (non-hydrogen) atoms. The molecule has 0 aromatic heterocycles. The predicted molar refractivity (Wildman–Crippen MR) is 116 cm³/mol. The molecule has 0 spiro atoms. The van der Waals surface area contributed by atoms with Gasteiger partial charge in [-0.3, -0.25) is 9.59 Å². The molecule has 150 valence electrons. The van der Waals surface area contributed by atoms with Crippen LogP contribution in [0.3, 0.4) is 0 Å². The van der Waals surface area contributed by atoms with Crippen molar-refractivity contribution in [1.82, 2.24) is 0 Å². The second-order valence-electron chi connectivity index (χ2n) is 8.68. The minimum atomic E-state index is -0.162. The van der Waals surface area contributed by atoms with Gasteiger partial charge in [0.1, 0.15) is 0 Å². The van der Waals surface area contributed by atoms with E-state index in [1.54, 1.807) is 0 Å². The van der Waals surface area contributed by atoms with Gasteiger partial charge < -0.3 is 0 Å². The fourth-order valence-electron chi connectivity index (χ4n) is 5.66. The smallest absolute Gasteiger partial charge is 0.192 e. The van der Waals surface area contributed by atoms with Crippen molar-refractivity contribution in [2.24, 2.45) is 17.3 Å². The van der Waals surface area contributed by atoms with Crippen molar-refractivity contribution in [3.63, 3.8) is 0 Å². The molecular weight excluding hydrogens is 360 g/mol. The molecular formula is C22H38O2S2. The lowest BCUT2D eigenvalue weighted by Crippen LogP contribution is -2.45. The summed E-state index contributed by atoms with van der Waals surface area (Å²) in [5.74, 6) is 1.12. The van der Waals surface area contributed by atoms with Crippen LogP contribution < -0.4 is 0 Å². The number of carbonyl (C=O) groups is 2. The summed E-state index contributed by atoms with van der Waals surface area (Å²) in [6.07, 6.45) is 19.9. The van der Waals surface area contributed by atoms with Crippen LogP contribution >= 0.6 is 25.3 Å². The fourth-order valence-corrected chi connectivity index (χ4v) is 6.29. The molecule has 0 radical (unpaired) electrons. The van der Waals surface area contributed by atoms with Crippen LogP contribution in [-0.2, 0) is 9.59 Å². The molecule has 2 nitrogen and oxygen atoms in total. The molecule has 0 aromatic carbocycles. The lowest BCUT2D eigenvalue weighted by molar-refractivity contribution is -0.130. The number of rotatable bonds is 11. The maximum Gasteiger partial charge on any atom is 0.192 e. The molecule has 2 rings (SSSR count). The standard InChI is InChI=1S/C22H38O2S2/c23-20(25)16-10-2-1-3-11-17-22(21(24)26,18-12-6-4-7-13-18)19-14-8-5-9-15-19/h18-19H,1-17H2,(H,23,25)(H,24,26). The average Bonchev–Trinajstić information content (AvgIpc) is 2.65. The van der Waals surface area contributed by atoms with E-state index in [4.69, 9.17) is 0 Å². The Bertz CT molecular complexity index is 419. The molecule has 0 aliphatic heterocycles. The maximum absolute atomic E-state index is 12.9. The van der Waals surface area contributed by atoms with Crippen molar-refractivity contribution in [3.8, 4) is 0 Å². The van der Waals surface area contributed by atoms with E-state index in [9.17, 15) is 9.59 Å². The second-order valence-corrected chi connectivity index (χ2v) is 9.58. The first kappa shape index (κ1) is 22.3. The lowest BCUT2D eigenvalue weighted by Gasteiger charge is -2.47. The van der Waals surface area contributed by atoms with Crippen LogP contribution in [0.5, 0.6) is 0 Å². The van der Waals surface area contributed by atoms with Crippen LogP contribution in [0.25, 0.3) is 0 Å². The molecule has 0 heterocycles. The zero-order chi connectivity index (χ0) is 18.8. The first-order valence-electron chi connectivity index (χ1n) is 11.0. The van der Waals surface area contributed by atoms with Crippen LogP contribution in [0.4, 0.5) is 0 Å². The molecule has 0 bridgehead atoms. The zero-order valence-corrected chi connectivity index (χ0v) is 18.2. The average molecular weight is 399 g/mol. The fraction of sp³-hybridized carbons (Fsp3) is 0.909. The molecule has 2 aliphatic rings. The Morgan fingerprint density at radius 1 is 0.692 bits per heavy atom. The van der Waals surface area contributed by atoms with Crippen LogP contribution in [0.15, 0.2) is 0 Å². The first-order chi connectivity index (χ1) is 12.6. The minimum Gasteiger partial charge on any atom is -0.288 e. The van der Waals surface area contributed by atoms with Crippen molar-refractivity contribution < 1.29 is 9.59 Å². The van der Waals surface area contributed by atoms with Crippen molar-refractivity contribution in [2.75, 3.05) is 0 Å². The Hall–Kier alpha value is 0.0400. The van der Waals surface area contributed by atoms with Crippen LogP contribution in [0, 0.1) is 17.3 Å². The molecule has 2 saturated carbocycles. The van der Waals surface area contributed by atoms with Crippen molar-refractivity contribution in [1.29, 1.82) is 0 Å². The molecule has 0 atom stereocenters. The Kier molecular flexibility index (Phi) is 10.1. The zero-order valence-electron chi connectivity index (χ0n) is 16.4. The van der Waals surface area contributed by atoms with Gasteiger partial charge >= 0.3 is 0 Å². The number of hydrogen-bond donors (Lipinski definition) is 2. The van der Waals surface area contributed by atoms with Gasteiger partial charge in [0, 0.05) is 11.8 Å². The Labute approximate surface area is 171 Å². The minimum absolute atomic E-state index is 0.000662. The SMILES string of the molecule is O=C(S)CCCCCCCC(C(=O)S)(C1CCCCC1)C1CCCCC1. The summed E-state index contributed by atoms with van der Waals surface area (Å²) in [7, 11) is 0. The maximum atomic E-state index is 12.9. The first-order valence-corrected chi connectivity index (χ1v) is 11.9. The Morgan fingerprint density at radius 3 is 1.62 bits per heavy atom. The lowest BCUT2D eigenvalue weighted by atomic mass is 9.57. The quantitative estimate of drug-likeness (QED) is 0.297. The van der Waals surface area contributed by atoms with E-state index < -0.39 is 0 Å². The molecule has 0 saturated heterocycles. The van der Waals surface area contributed by atoms with Gasteiger partial charge in [0.15, 0.2) is 10.2 Å². The summed E-state index contributed by atoms with van der Waals surface area (Å²) in [6, 6.07) is 0. The van der Waals surface area contributed by atoms with Gasteiger partial charge in [0.2, 0.25) is 0 Å². The molecule has 0 aromatic rings. The number of unbranched alkanes of at least 4 members (excludes halogenated alkanes) is 4. The highest BCUT2D eigenvalue weighted by molar-refractivity contribution is 7.96. The Balaban J connectivity index is 1.95. The van der Waals surface area contributed by atoms with Gasteiger partial charge in [-0.2, -0.15) is 0 Å². The number of hydrogen-bond acceptors (Lipinski definition) is 2. The predicted octanol–water partition coefficient (Wildman–Crippen LogP) is 6.78. The van der Waals surface area contributed by atoms with Gasteiger partial charge in [-0.15, -0.1) is 25.3 Å². The van der Waals surface area contributed by atoms with Gasteiger partial charge in [0.05, 0.1) is 0 Å². The van der Waals surface area contributed by atoms with Crippen LogP contribution in [0.1, 0.15) is 109 Å². The van der Waals surface area contributed by atoms with E-state index in [-0.39, 0.29) is 15.6 Å². The highest BCUT2D eigenvalue weighted by Gasteiger charge is 2.49. The van der Waals surface area contributed by atoms with Crippen molar-refractivity contribution in [3.05, 3.63) is 0 Å². The molecule has 0 N–H and O–H groups in total. The topological polar surface area (TPSA) is 34.1 Å². The summed E-state index contributed by atoms with van der Waals surface area (Å²) < 4.78 is 0. The van der Waals surface area contributed by atoms with E-state index >= 15 is 0 Å². The van der Waals surface area contributed by atoms with Gasteiger partial charge in [-0.05, 0) is 50.4 Å². The van der Waals surface area contributed by atoms with Crippen molar-refractivity contribution in [2.45, 2.75) is 109 Å². The van der Waals surface area contributed by atoms with Gasteiger partial charge in [-0.1, -0.05) is 64.2 Å². The summed E-state index contributed by atoms with van der Waals surface area (Å²) >= 11 is 8.33. The number of thiol groups is 2. The van der Waals surface area contributed by atoms with Crippen LogP contribution in [-0.4, -0.2) is 10.2 Å². The van der Waals surface area contributed by atoms with Gasteiger partial charge in [-0.25, -0.2) is 0 Å². The van der Waals surface area contributed by atoms with Crippen LogP contribution in [0.2, 0.25) is 0 Å². The third-order valence-corrected chi connectivity index (χ3v) is 7.69. The molecule has 2 aliphatic carbocycles. The molecule has 0 unspecified atom stereocenters. The summed E-state index contributed by atoms with van der Waals surface area (Å²) in [4.78, 5) is 23.8. The van der Waals surface area contributed by atoms with Gasteiger partial charge in [0.25, 0.3) is 0 Å². The summed E-state index contributed by atoms with van der Waals surface area (Å²) in [6.45, 7) is 0.